The highest BCUT2D eigenvalue weighted by molar-refractivity contribution is 7.92. The van der Waals surface area contributed by atoms with Gasteiger partial charge in [0.2, 0.25) is 15.9 Å². The molecule has 0 spiro atoms. The quantitative estimate of drug-likeness (QED) is 0.393. The molecule has 0 saturated carbocycles. The molecule has 1 aromatic heterocycles. The summed E-state index contributed by atoms with van der Waals surface area (Å²) >= 11 is 0. The van der Waals surface area contributed by atoms with Crippen LogP contribution in [0.25, 0.3) is 21.8 Å². The number of hydrogen-bond donors (Lipinski definition) is 3. The Hall–Kier alpha value is -3.36. The Morgan fingerprint density at radius 3 is 2.19 bits per heavy atom. The molecule has 0 radical (unpaired) electrons. The number of nitrogens with zero attached hydrogens (tertiary/aromatic N) is 1. The highest BCUT2D eigenvalue weighted by Crippen LogP contribution is 2.29. The third-order valence-electron chi connectivity index (χ3n) is 5.21. The maximum atomic E-state index is 12.5. The van der Waals surface area contributed by atoms with Gasteiger partial charge in [-0.2, -0.15) is 0 Å². The summed E-state index contributed by atoms with van der Waals surface area (Å²) in [7, 11) is -3.71. The second-order valence-corrected chi connectivity index (χ2v) is 9.30. The largest absolute Gasteiger partial charge is 0.391 e. The lowest BCUT2D eigenvalue weighted by atomic mass is 10.2. The Morgan fingerprint density at radius 2 is 1.58 bits per heavy atom. The molecule has 3 aromatic carbocycles. The number of carbonyl (C=O) groups is 1. The smallest absolute Gasteiger partial charge is 0.248 e. The van der Waals surface area contributed by atoms with Crippen LogP contribution in [0.1, 0.15) is 16.8 Å². The molecular formula is C23H23N3O4S. The summed E-state index contributed by atoms with van der Waals surface area (Å²) in [5.74, 6) is -0.894. The second kappa shape index (κ2) is 8.41. The fourth-order valence-corrected chi connectivity index (χ4v) is 4.93. The Kier molecular flexibility index (Phi) is 5.67. The van der Waals surface area contributed by atoms with Gasteiger partial charge in [0, 0.05) is 39.6 Å². The second-order valence-electron chi connectivity index (χ2n) is 7.45. The Morgan fingerprint density at radius 1 is 0.968 bits per heavy atom. The molecule has 0 bridgehead atoms. The van der Waals surface area contributed by atoms with Crippen LogP contribution < -0.4 is 10.5 Å². The van der Waals surface area contributed by atoms with Crippen LogP contribution in [0.3, 0.4) is 0 Å². The zero-order valence-corrected chi connectivity index (χ0v) is 17.5. The summed E-state index contributed by atoms with van der Waals surface area (Å²) < 4.78 is 29.4. The molecule has 1 heterocycles. The number of nitrogens with one attached hydrogen (secondary N) is 1. The first-order valence-electron chi connectivity index (χ1n) is 9.88. The standard InChI is InChI=1S/C23H23N3O4S/c24-23(28)16-6-5-7-17(14-16)25-31(29,30)13-12-18(27)15-26-21-10-3-1-8-19(21)20-9-2-4-11-22(20)26/h1-11,14,18,25,27H,12-13,15H2,(H2,24,28). The van der Waals surface area contributed by atoms with E-state index in [9.17, 15) is 18.3 Å². The van der Waals surface area contributed by atoms with Gasteiger partial charge in [0.05, 0.1) is 11.9 Å². The summed E-state index contributed by atoms with van der Waals surface area (Å²) in [6, 6.07) is 21.9. The highest BCUT2D eigenvalue weighted by atomic mass is 32.2. The van der Waals surface area contributed by atoms with Crippen LogP contribution in [0.15, 0.2) is 72.8 Å². The summed E-state index contributed by atoms with van der Waals surface area (Å²) in [6.07, 6.45) is -0.793. The van der Waals surface area contributed by atoms with Gasteiger partial charge in [-0.05, 0) is 36.8 Å². The average molecular weight is 438 g/mol. The van der Waals surface area contributed by atoms with Gasteiger partial charge in [-0.1, -0.05) is 42.5 Å². The molecule has 0 aliphatic heterocycles. The lowest BCUT2D eigenvalue weighted by Gasteiger charge is -2.15. The van der Waals surface area contributed by atoms with E-state index in [1.54, 1.807) is 12.1 Å². The van der Waals surface area contributed by atoms with Crippen molar-refractivity contribution in [1.29, 1.82) is 0 Å². The van der Waals surface area contributed by atoms with Crippen molar-refractivity contribution >= 4 is 43.4 Å². The van der Waals surface area contributed by atoms with Gasteiger partial charge >= 0.3 is 0 Å². The van der Waals surface area contributed by atoms with Crippen molar-refractivity contribution in [3.8, 4) is 0 Å². The van der Waals surface area contributed by atoms with E-state index in [-0.39, 0.29) is 30.0 Å². The van der Waals surface area contributed by atoms with Gasteiger partial charge in [-0.3, -0.25) is 9.52 Å². The van der Waals surface area contributed by atoms with Crippen molar-refractivity contribution in [2.75, 3.05) is 10.5 Å². The van der Waals surface area contributed by atoms with E-state index in [0.29, 0.717) is 0 Å². The molecule has 4 N–H and O–H groups in total. The van der Waals surface area contributed by atoms with Crippen molar-refractivity contribution in [2.24, 2.45) is 5.73 Å². The highest BCUT2D eigenvalue weighted by Gasteiger charge is 2.17. The number of aliphatic hydroxyl groups excluding tert-OH is 1. The van der Waals surface area contributed by atoms with Gasteiger partial charge < -0.3 is 15.4 Å². The molecule has 7 nitrogen and oxygen atoms in total. The van der Waals surface area contributed by atoms with Crippen LogP contribution in [0.2, 0.25) is 0 Å². The fourth-order valence-electron chi connectivity index (χ4n) is 3.76. The number of aromatic nitrogens is 1. The SMILES string of the molecule is NC(=O)c1cccc(NS(=O)(=O)CCC(O)Cn2c3ccccc3c3ccccc32)c1. The van der Waals surface area contributed by atoms with Gasteiger partial charge in [-0.25, -0.2) is 8.42 Å². The van der Waals surface area contributed by atoms with E-state index in [0.717, 1.165) is 21.8 Å². The van der Waals surface area contributed by atoms with Crippen LogP contribution in [0, 0.1) is 0 Å². The number of aliphatic hydroxyl groups is 1. The van der Waals surface area contributed by atoms with E-state index >= 15 is 0 Å². The normalized spacial score (nSPS) is 12.8. The molecule has 1 atom stereocenters. The van der Waals surface area contributed by atoms with Crippen LogP contribution >= 0.6 is 0 Å². The average Bonchev–Trinajstić information content (AvgIpc) is 3.06. The molecule has 4 aromatic rings. The number of hydrogen-bond acceptors (Lipinski definition) is 4. The van der Waals surface area contributed by atoms with Crippen molar-refractivity contribution < 1.29 is 18.3 Å². The number of sulfonamides is 1. The van der Waals surface area contributed by atoms with Gasteiger partial charge in [0.1, 0.15) is 0 Å². The summed E-state index contributed by atoms with van der Waals surface area (Å²) in [5.41, 5.74) is 7.69. The van der Waals surface area contributed by atoms with Crippen molar-refractivity contribution in [3.05, 3.63) is 78.4 Å². The van der Waals surface area contributed by atoms with Crippen LogP contribution in [0.4, 0.5) is 5.69 Å². The number of nitrogens with two attached hydrogens (primary N) is 1. The van der Waals surface area contributed by atoms with Crippen LogP contribution in [-0.4, -0.2) is 35.9 Å². The van der Waals surface area contributed by atoms with Crippen LogP contribution in [0.5, 0.6) is 0 Å². The first-order valence-corrected chi connectivity index (χ1v) is 11.5. The molecule has 8 heteroatoms. The molecule has 4 rings (SSSR count). The molecule has 0 saturated heterocycles. The predicted molar refractivity (Wildman–Crippen MR) is 122 cm³/mol. The zero-order chi connectivity index (χ0) is 22.0. The lowest BCUT2D eigenvalue weighted by molar-refractivity contribution is 0.1000. The van der Waals surface area contributed by atoms with E-state index < -0.39 is 22.0 Å². The number of para-hydroxylation sites is 2. The molecule has 1 amide bonds. The zero-order valence-electron chi connectivity index (χ0n) is 16.7. The number of fused-ring (bicyclic) bond motifs is 3. The summed E-state index contributed by atoms with van der Waals surface area (Å²) in [4.78, 5) is 11.3. The number of amides is 1. The first-order chi connectivity index (χ1) is 14.8. The first kappa shape index (κ1) is 20.9. The van der Waals surface area contributed by atoms with E-state index in [1.165, 1.54) is 12.1 Å². The minimum absolute atomic E-state index is 0.0612. The third-order valence-corrected chi connectivity index (χ3v) is 6.53. The Bertz CT molecular complexity index is 1310. The monoisotopic (exact) mass is 437 g/mol. The van der Waals surface area contributed by atoms with E-state index in [1.807, 2.05) is 53.1 Å². The minimum Gasteiger partial charge on any atom is -0.391 e. The van der Waals surface area contributed by atoms with E-state index in [2.05, 4.69) is 4.72 Å². The number of anilines is 1. The van der Waals surface area contributed by atoms with Gasteiger partial charge in [0.15, 0.2) is 0 Å². The van der Waals surface area contributed by atoms with Gasteiger partial charge in [-0.15, -0.1) is 0 Å². The molecule has 1 unspecified atom stereocenters. The molecule has 160 valence electrons. The Labute approximate surface area is 180 Å². The molecule has 0 fully saturated rings. The van der Waals surface area contributed by atoms with Crippen molar-refractivity contribution in [2.45, 2.75) is 19.1 Å². The number of primary amides is 1. The molecule has 31 heavy (non-hydrogen) atoms. The predicted octanol–water partition coefficient (Wildman–Crippen LogP) is 3.09. The summed E-state index contributed by atoms with van der Waals surface area (Å²) in [5, 5.41) is 12.8. The van der Waals surface area contributed by atoms with Gasteiger partial charge in [0.25, 0.3) is 0 Å². The molecule has 0 aliphatic carbocycles. The maximum Gasteiger partial charge on any atom is 0.248 e. The third kappa shape index (κ3) is 4.55. The topological polar surface area (TPSA) is 114 Å². The van der Waals surface area contributed by atoms with E-state index in [4.69, 9.17) is 5.73 Å². The minimum atomic E-state index is -3.71. The molecule has 0 aliphatic rings. The maximum absolute atomic E-state index is 12.5. The van der Waals surface area contributed by atoms with Crippen LogP contribution in [-0.2, 0) is 16.6 Å². The number of benzene rings is 3. The number of carbonyl (C=O) groups excluding carboxylic acids is 1. The lowest BCUT2D eigenvalue weighted by Crippen LogP contribution is -2.24. The molecular weight excluding hydrogens is 414 g/mol. The Balaban J connectivity index is 1.47. The fraction of sp³-hybridized carbons (Fsp3) is 0.174. The number of rotatable bonds is 8. The van der Waals surface area contributed by atoms with Crippen molar-refractivity contribution in [1.82, 2.24) is 4.57 Å². The summed E-state index contributed by atoms with van der Waals surface area (Å²) in [6.45, 7) is 0.278. The van der Waals surface area contributed by atoms with Crippen molar-refractivity contribution in [3.63, 3.8) is 0 Å².